The van der Waals surface area contributed by atoms with E-state index in [2.05, 4.69) is 9.97 Å². The summed E-state index contributed by atoms with van der Waals surface area (Å²) in [5.74, 6) is -0.141. The van der Waals surface area contributed by atoms with Crippen LogP contribution in [-0.2, 0) is 6.54 Å². The fourth-order valence-corrected chi connectivity index (χ4v) is 3.30. The van der Waals surface area contributed by atoms with E-state index in [1.807, 2.05) is 55.5 Å². The second kappa shape index (κ2) is 7.48. The molecule has 1 amide bonds. The number of carbonyl (C=O) groups excluding carboxylic acids is 1. The van der Waals surface area contributed by atoms with Crippen LogP contribution < -0.4 is 10.5 Å². The van der Waals surface area contributed by atoms with Gasteiger partial charge in [0.1, 0.15) is 0 Å². The number of nitrogens with zero attached hydrogens (tertiary/aromatic N) is 2. The first kappa shape index (κ1) is 17.7. The average Bonchev–Trinajstić information content (AvgIpc) is 2.72. The van der Waals surface area contributed by atoms with E-state index in [-0.39, 0.29) is 18.0 Å². The number of hydrogen-bond acceptors (Lipinski definition) is 3. The lowest BCUT2D eigenvalue weighted by atomic mass is 10.1. The van der Waals surface area contributed by atoms with Crippen molar-refractivity contribution in [1.29, 1.82) is 0 Å². The molecular formula is C23H19N3O2. The Balaban J connectivity index is 1.83. The van der Waals surface area contributed by atoms with Crippen LogP contribution in [-0.4, -0.2) is 15.9 Å². The number of aromatic nitrogens is 2. The van der Waals surface area contributed by atoms with E-state index in [0.29, 0.717) is 5.56 Å². The maximum absolute atomic E-state index is 13.3. The summed E-state index contributed by atoms with van der Waals surface area (Å²) in [6.07, 6.45) is 3.20. The third-order valence-corrected chi connectivity index (χ3v) is 4.65. The molecule has 2 heterocycles. The number of aromatic amines is 1. The van der Waals surface area contributed by atoms with E-state index < -0.39 is 0 Å². The zero-order valence-corrected chi connectivity index (χ0v) is 15.4. The molecule has 2 aromatic carbocycles. The summed E-state index contributed by atoms with van der Waals surface area (Å²) in [6.45, 7) is 2.27. The molecule has 138 valence electrons. The van der Waals surface area contributed by atoms with Gasteiger partial charge in [-0.05, 0) is 48.4 Å². The van der Waals surface area contributed by atoms with Crippen molar-refractivity contribution in [3.8, 4) is 0 Å². The minimum absolute atomic E-state index is 0.141. The number of nitrogens with one attached hydrogen (secondary N) is 1. The van der Waals surface area contributed by atoms with E-state index in [9.17, 15) is 9.59 Å². The van der Waals surface area contributed by atoms with E-state index in [0.717, 1.165) is 27.7 Å². The summed E-state index contributed by atoms with van der Waals surface area (Å²) in [5.41, 5.74) is 3.75. The third-order valence-electron chi connectivity index (χ3n) is 4.65. The number of amides is 1. The molecule has 0 unspecified atom stereocenters. The molecule has 5 nitrogen and oxygen atoms in total. The Morgan fingerprint density at radius 2 is 1.79 bits per heavy atom. The van der Waals surface area contributed by atoms with Crippen molar-refractivity contribution in [2.45, 2.75) is 13.5 Å². The van der Waals surface area contributed by atoms with Crippen molar-refractivity contribution >= 4 is 22.5 Å². The van der Waals surface area contributed by atoms with E-state index in [4.69, 9.17) is 0 Å². The SMILES string of the molecule is Cc1cccc(N(Cc2cc(=O)[nH]c3ccccc23)C(=O)c2ccncc2)c1. The predicted octanol–water partition coefficient (Wildman–Crippen LogP) is 4.08. The van der Waals surface area contributed by atoms with Gasteiger partial charge >= 0.3 is 0 Å². The molecule has 1 N–H and O–H groups in total. The van der Waals surface area contributed by atoms with Crippen molar-refractivity contribution < 1.29 is 4.79 Å². The Kier molecular flexibility index (Phi) is 4.72. The fourth-order valence-electron chi connectivity index (χ4n) is 3.30. The number of hydrogen-bond donors (Lipinski definition) is 1. The largest absolute Gasteiger partial charge is 0.322 e. The quantitative estimate of drug-likeness (QED) is 0.589. The first-order valence-electron chi connectivity index (χ1n) is 9.01. The van der Waals surface area contributed by atoms with Crippen LogP contribution in [0.2, 0.25) is 0 Å². The highest BCUT2D eigenvalue weighted by atomic mass is 16.2. The zero-order valence-electron chi connectivity index (χ0n) is 15.4. The van der Waals surface area contributed by atoms with Gasteiger partial charge in [0.25, 0.3) is 5.91 Å². The molecule has 0 saturated heterocycles. The minimum atomic E-state index is -0.186. The van der Waals surface area contributed by atoms with Crippen LogP contribution >= 0.6 is 0 Å². The molecule has 0 aliphatic carbocycles. The molecule has 0 spiro atoms. The lowest BCUT2D eigenvalue weighted by Gasteiger charge is -2.24. The normalized spacial score (nSPS) is 10.8. The number of fused-ring (bicyclic) bond motifs is 1. The molecule has 0 bridgehead atoms. The monoisotopic (exact) mass is 369 g/mol. The van der Waals surface area contributed by atoms with Crippen molar-refractivity contribution in [2.24, 2.45) is 0 Å². The van der Waals surface area contributed by atoms with Crippen molar-refractivity contribution in [1.82, 2.24) is 9.97 Å². The highest BCUT2D eigenvalue weighted by molar-refractivity contribution is 6.06. The molecule has 0 atom stereocenters. The number of pyridine rings is 2. The third kappa shape index (κ3) is 3.55. The summed E-state index contributed by atoms with van der Waals surface area (Å²) >= 11 is 0. The molecule has 0 aliphatic heterocycles. The van der Waals surface area contributed by atoms with Crippen molar-refractivity contribution in [2.75, 3.05) is 4.90 Å². The fraction of sp³-hybridized carbons (Fsp3) is 0.0870. The Morgan fingerprint density at radius 1 is 1.00 bits per heavy atom. The Labute approximate surface area is 162 Å². The number of para-hydroxylation sites is 1. The molecule has 28 heavy (non-hydrogen) atoms. The molecule has 5 heteroatoms. The molecular weight excluding hydrogens is 350 g/mol. The molecule has 0 aliphatic rings. The molecule has 4 aromatic rings. The standard InChI is InChI=1S/C23H19N3O2/c1-16-5-4-6-19(13-16)26(23(28)17-9-11-24-12-10-17)15-18-14-22(27)25-21-8-3-2-7-20(18)21/h2-14H,15H2,1H3,(H,25,27). The second-order valence-corrected chi connectivity index (χ2v) is 6.67. The van der Waals surface area contributed by atoms with E-state index >= 15 is 0 Å². The number of H-pyrrole nitrogens is 1. The Hall–Kier alpha value is -3.73. The number of aryl methyl sites for hydroxylation is 1. The molecule has 4 rings (SSSR count). The van der Waals surface area contributed by atoms with Crippen LogP contribution in [0.25, 0.3) is 10.9 Å². The smallest absolute Gasteiger partial charge is 0.258 e. The van der Waals surface area contributed by atoms with Gasteiger partial charge in [0, 0.05) is 40.6 Å². The van der Waals surface area contributed by atoms with Gasteiger partial charge in [-0.2, -0.15) is 0 Å². The van der Waals surface area contributed by atoms with Crippen LogP contribution in [0, 0.1) is 6.92 Å². The average molecular weight is 369 g/mol. The predicted molar refractivity (Wildman–Crippen MR) is 110 cm³/mol. The van der Waals surface area contributed by atoms with Crippen molar-refractivity contribution in [3.05, 3.63) is 106 Å². The van der Waals surface area contributed by atoms with Gasteiger partial charge < -0.3 is 9.88 Å². The van der Waals surface area contributed by atoms with Gasteiger partial charge in [-0.1, -0.05) is 30.3 Å². The topological polar surface area (TPSA) is 66.1 Å². The van der Waals surface area contributed by atoms with Gasteiger partial charge in [0.2, 0.25) is 5.56 Å². The van der Waals surface area contributed by atoms with Crippen LogP contribution in [0.5, 0.6) is 0 Å². The Bertz CT molecular complexity index is 1200. The summed E-state index contributed by atoms with van der Waals surface area (Å²) in [4.78, 5) is 34.0. The maximum Gasteiger partial charge on any atom is 0.258 e. The highest BCUT2D eigenvalue weighted by Gasteiger charge is 2.19. The first-order chi connectivity index (χ1) is 13.6. The lowest BCUT2D eigenvalue weighted by molar-refractivity contribution is 0.0985. The summed E-state index contributed by atoms with van der Waals surface area (Å²) in [7, 11) is 0. The number of rotatable bonds is 4. The van der Waals surface area contributed by atoms with E-state index in [1.165, 1.54) is 0 Å². The highest BCUT2D eigenvalue weighted by Crippen LogP contribution is 2.24. The van der Waals surface area contributed by atoms with E-state index in [1.54, 1.807) is 35.5 Å². The first-order valence-corrected chi connectivity index (χ1v) is 9.01. The summed E-state index contributed by atoms with van der Waals surface area (Å²) in [6, 6.07) is 20.3. The Morgan fingerprint density at radius 3 is 2.57 bits per heavy atom. The molecule has 2 aromatic heterocycles. The van der Waals surface area contributed by atoms with Crippen LogP contribution in [0.15, 0.2) is 83.9 Å². The summed E-state index contributed by atoms with van der Waals surface area (Å²) in [5, 5.41) is 0.919. The number of benzene rings is 2. The minimum Gasteiger partial charge on any atom is -0.322 e. The zero-order chi connectivity index (χ0) is 19.5. The molecule has 0 fully saturated rings. The van der Waals surface area contributed by atoms with Crippen molar-refractivity contribution in [3.63, 3.8) is 0 Å². The second-order valence-electron chi connectivity index (χ2n) is 6.67. The summed E-state index contributed by atoms with van der Waals surface area (Å²) < 4.78 is 0. The number of anilines is 1. The van der Waals surface area contributed by atoms with Gasteiger partial charge in [-0.3, -0.25) is 14.6 Å². The van der Waals surface area contributed by atoms with Crippen LogP contribution in [0.4, 0.5) is 5.69 Å². The lowest BCUT2D eigenvalue weighted by Crippen LogP contribution is -2.31. The van der Waals surface area contributed by atoms with Crippen LogP contribution in [0.3, 0.4) is 0 Å². The van der Waals surface area contributed by atoms with Crippen LogP contribution in [0.1, 0.15) is 21.5 Å². The van der Waals surface area contributed by atoms with Gasteiger partial charge in [-0.15, -0.1) is 0 Å². The number of carbonyl (C=O) groups is 1. The van der Waals surface area contributed by atoms with Gasteiger partial charge in [0.05, 0.1) is 6.54 Å². The molecule has 0 radical (unpaired) electrons. The maximum atomic E-state index is 13.3. The molecule has 0 saturated carbocycles. The van der Waals surface area contributed by atoms with Gasteiger partial charge in [-0.25, -0.2) is 0 Å². The van der Waals surface area contributed by atoms with Gasteiger partial charge in [0.15, 0.2) is 0 Å².